The van der Waals surface area contributed by atoms with Crippen molar-refractivity contribution in [3.63, 3.8) is 0 Å². The Hall–Kier alpha value is -1.92. The number of rotatable bonds is 4. The molecule has 0 radical (unpaired) electrons. The smallest absolute Gasteiger partial charge is 0.254 e. The summed E-state index contributed by atoms with van der Waals surface area (Å²) in [5.41, 5.74) is 0.670. The molecule has 1 aromatic rings. The average Bonchev–Trinajstić information content (AvgIpc) is 3.24. The molecule has 2 amide bonds. The Morgan fingerprint density at radius 2 is 1.64 bits per heavy atom. The number of hydrogen-bond acceptors (Lipinski definition) is 4. The van der Waals surface area contributed by atoms with Crippen molar-refractivity contribution in [2.24, 2.45) is 5.92 Å². The van der Waals surface area contributed by atoms with Crippen LogP contribution < -0.4 is 0 Å². The molecule has 0 aromatic heterocycles. The summed E-state index contributed by atoms with van der Waals surface area (Å²) in [4.78, 5) is 32.2. The molecule has 3 heterocycles. The van der Waals surface area contributed by atoms with Crippen LogP contribution in [0.1, 0.15) is 36.0 Å². The first kappa shape index (κ1) is 19.4. The predicted octanol–water partition coefficient (Wildman–Crippen LogP) is 1.86. The minimum Gasteiger partial charge on any atom is -0.381 e. The van der Waals surface area contributed by atoms with Crippen molar-refractivity contribution in [2.45, 2.75) is 31.7 Å². The van der Waals surface area contributed by atoms with Crippen LogP contribution in [0.2, 0.25) is 0 Å². The van der Waals surface area contributed by atoms with Gasteiger partial charge in [0.15, 0.2) is 0 Å². The van der Waals surface area contributed by atoms with Crippen molar-refractivity contribution in [2.75, 3.05) is 52.5 Å². The Morgan fingerprint density at radius 3 is 2.36 bits per heavy atom. The lowest BCUT2D eigenvalue weighted by atomic mass is 9.99. The molecule has 1 atom stereocenters. The number of piperazine rings is 1. The number of carbonyl (C=O) groups is 2. The average molecular weight is 386 g/mol. The van der Waals surface area contributed by atoms with Gasteiger partial charge in [0.25, 0.3) is 5.91 Å². The van der Waals surface area contributed by atoms with E-state index in [1.165, 1.54) is 0 Å². The number of benzene rings is 1. The number of nitrogens with zero attached hydrogens (tertiary/aromatic N) is 3. The van der Waals surface area contributed by atoms with Crippen LogP contribution in [-0.4, -0.2) is 85.0 Å². The second kappa shape index (κ2) is 9.05. The summed E-state index contributed by atoms with van der Waals surface area (Å²) in [6, 6.07) is 9.02. The highest BCUT2D eigenvalue weighted by Crippen LogP contribution is 2.23. The molecule has 6 heteroatoms. The molecule has 3 aliphatic rings. The zero-order valence-corrected chi connectivity index (χ0v) is 16.6. The predicted molar refractivity (Wildman–Crippen MR) is 107 cm³/mol. The van der Waals surface area contributed by atoms with E-state index in [1.54, 1.807) is 4.90 Å². The molecular weight excluding hydrogens is 354 g/mol. The maximum atomic E-state index is 13.1. The van der Waals surface area contributed by atoms with Crippen molar-refractivity contribution >= 4 is 11.8 Å². The second-order valence-electron chi connectivity index (χ2n) is 8.20. The molecule has 0 bridgehead atoms. The highest BCUT2D eigenvalue weighted by Gasteiger charge is 2.37. The van der Waals surface area contributed by atoms with Crippen molar-refractivity contribution in [3.05, 3.63) is 35.9 Å². The lowest BCUT2D eigenvalue weighted by Gasteiger charge is -2.39. The van der Waals surface area contributed by atoms with Gasteiger partial charge in [0, 0.05) is 58.0 Å². The van der Waals surface area contributed by atoms with Gasteiger partial charge in [-0.2, -0.15) is 0 Å². The molecule has 0 aliphatic carbocycles. The fraction of sp³-hybridized carbons (Fsp3) is 0.636. The highest BCUT2D eigenvalue weighted by molar-refractivity contribution is 5.97. The maximum Gasteiger partial charge on any atom is 0.254 e. The summed E-state index contributed by atoms with van der Waals surface area (Å²) < 4.78 is 5.45. The Morgan fingerprint density at radius 1 is 0.929 bits per heavy atom. The molecule has 6 nitrogen and oxygen atoms in total. The van der Waals surface area contributed by atoms with E-state index in [0.717, 1.165) is 77.5 Å². The Balaban J connectivity index is 1.31. The molecule has 4 rings (SSSR count). The van der Waals surface area contributed by atoms with Crippen LogP contribution in [0, 0.1) is 5.92 Å². The zero-order valence-electron chi connectivity index (χ0n) is 16.6. The Bertz CT molecular complexity index is 667. The van der Waals surface area contributed by atoms with Crippen LogP contribution in [0.5, 0.6) is 0 Å². The van der Waals surface area contributed by atoms with E-state index in [1.807, 2.05) is 35.2 Å². The number of carbonyl (C=O) groups excluding carboxylic acids is 2. The highest BCUT2D eigenvalue weighted by atomic mass is 16.5. The largest absolute Gasteiger partial charge is 0.381 e. The van der Waals surface area contributed by atoms with Gasteiger partial charge in [-0.3, -0.25) is 14.5 Å². The van der Waals surface area contributed by atoms with Crippen LogP contribution >= 0.6 is 0 Å². The molecule has 0 spiro atoms. The van der Waals surface area contributed by atoms with Crippen molar-refractivity contribution in [1.29, 1.82) is 0 Å². The number of ether oxygens (including phenoxy) is 1. The lowest BCUT2D eigenvalue weighted by molar-refractivity contribution is -0.137. The fourth-order valence-electron chi connectivity index (χ4n) is 4.67. The summed E-state index contributed by atoms with van der Waals surface area (Å²) in [7, 11) is 0. The fourth-order valence-corrected chi connectivity index (χ4v) is 4.67. The first-order valence-corrected chi connectivity index (χ1v) is 10.7. The zero-order chi connectivity index (χ0) is 19.3. The molecule has 3 fully saturated rings. The van der Waals surface area contributed by atoms with E-state index < -0.39 is 0 Å². The summed E-state index contributed by atoms with van der Waals surface area (Å²) in [6.07, 6.45) is 3.98. The molecule has 0 N–H and O–H groups in total. The summed E-state index contributed by atoms with van der Waals surface area (Å²) in [5, 5.41) is 0. The Kier molecular flexibility index (Phi) is 6.27. The number of amides is 2. The molecule has 152 valence electrons. The topological polar surface area (TPSA) is 53.1 Å². The third kappa shape index (κ3) is 4.39. The van der Waals surface area contributed by atoms with Crippen LogP contribution in [0.3, 0.4) is 0 Å². The van der Waals surface area contributed by atoms with E-state index in [4.69, 9.17) is 4.74 Å². The van der Waals surface area contributed by atoms with E-state index in [2.05, 4.69) is 4.90 Å². The first-order chi connectivity index (χ1) is 13.7. The van der Waals surface area contributed by atoms with E-state index in [0.29, 0.717) is 12.1 Å². The first-order valence-electron chi connectivity index (χ1n) is 10.7. The third-order valence-corrected chi connectivity index (χ3v) is 6.36. The van der Waals surface area contributed by atoms with Gasteiger partial charge >= 0.3 is 0 Å². The summed E-state index contributed by atoms with van der Waals surface area (Å²) in [6.45, 7) is 6.97. The van der Waals surface area contributed by atoms with Crippen molar-refractivity contribution in [1.82, 2.24) is 14.7 Å². The van der Waals surface area contributed by atoms with Crippen LogP contribution in [0.4, 0.5) is 0 Å². The maximum absolute atomic E-state index is 13.1. The number of likely N-dealkylation sites (tertiary alicyclic amines) is 1. The third-order valence-electron chi connectivity index (χ3n) is 6.36. The van der Waals surface area contributed by atoms with Gasteiger partial charge in [0.05, 0.1) is 0 Å². The van der Waals surface area contributed by atoms with Crippen molar-refractivity contribution in [3.8, 4) is 0 Å². The SMILES string of the molecule is O=C(C1CCCN1C(=O)c1ccccc1)N1CCN(CC2CCOCC2)CC1. The lowest BCUT2D eigenvalue weighted by Crippen LogP contribution is -2.55. The van der Waals surface area contributed by atoms with Gasteiger partial charge in [-0.05, 0) is 43.7 Å². The number of hydrogen-bond donors (Lipinski definition) is 0. The van der Waals surface area contributed by atoms with Gasteiger partial charge in [-0.25, -0.2) is 0 Å². The van der Waals surface area contributed by atoms with E-state index >= 15 is 0 Å². The standard InChI is InChI=1S/C22H31N3O3/c26-21(19-5-2-1-3-6-19)25-10-4-7-20(25)22(27)24-13-11-23(12-14-24)17-18-8-15-28-16-9-18/h1-3,5-6,18,20H,4,7-17H2. The molecule has 28 heavy (non-hydrogen) atoms. The molecule has 1 unspecified atom stereocenters. The molecule has 1 aromatic carbocycles. The van der Waals surface area contributed by atoms with Gasteiger partial charge in [0.1, 0.15) is 6.04 Å². The van der Waals surface area contributed by atoms with Gasteiger partial charge in [-0.15, -0.1) is 0 Å². The molecule has 3 aliphatic heterocycles. The van der Waals surface area contributed by atoms with E-state index in [9.17, 15) is 9.59 Å². The molecule has 0 saturated carbocycles. The molecular formula is C22H31N3O3. The monoisotopic (exact) mass is 385 g/mol. The van der Waals surface area contributed by atoms with Gasteiger partial charge in [0.2, 0.25) is 5.91 Å². The quantitative estimate of drug-likeness (QED) is 0.794. The van der Waals surface area contributed by atoms with Crippen molar-refractivity contribution < 1.29 is 14.3 Å². The van der Waals surface area contributed by atoms with Crippen LogP contribution in [0.15, 0.2) is 30.3 Å². The summed E-state index contributed by atoms with van der Waals surface area (Å²) >= 11 is 0. The molecule has 3 saturated heterocycles. The second-order valence-corrected chi connectivity index (χ2v) is 8.20. The van der Waals surface area contributed by atoms with Crippen LogP contribution in [-0.2, 0) is 9.53 Å². The minimum atomic E-state index is -0.297. The van der Waals surface area contributed by atoms with Crippen LogP contribution in [0.25, 0.3) is 0 Å². The summed E-state index contributed by atoms with van der Waals surface area (Å²) in [5.74, 6) is 0.840. The van der Waals surface area contributed by atoms with Gasteiger partial charge < -0.3 is 14.5 Å². The van der Waals surface area contributed by atoms with Gasteiger partial charge in [-0.1, -0.05) is 18.2 Å². The van der Waals surface area contributed by atoms with E-state index in [-0.39, 0.29) is 17.9 Å². The Labute approximate surface area is 167 Å². The minimum absolute atomic E-state index is 0.0189. The normalized spacial score (nSPS) is 24.5.